The van der Waals surface area contributed by atoms with Crippen LogP contribution in [0.25, 0.3) is 0 Å². The fourth-order valence-electron chi connectivity index (χ4n) is 2.32. The quantitative estimate of drug-likeness (QED) is 0.906. The van der Waals surface area contributed by atoms with Crippen molar-refractivity contribution in [3.8, 4) is 5.75 Å². The molecule has 0 bridgehead atoms. The van der Waals surface area contributed by atoms with Crippen LogP contribution in [0.5, 0.6) is 5.75 Å². The van der Waals surface area contributed by atoms with E-state index in [0.717, 1.165) is 24.0 Å². The first-order valence-electron chi connectivity index (χ1n) is 7.55. The number of rotatable bonds is 5. The highest BCUT2D eigenvalue weighted by molar-refractivity contribution is 5.98. The first-order chi connectivity index (χ1) is 9.97. The Morgan fingerprint density at radius 3 is 2.76 bits per heavy atom. The molecule has 2 rings (SSSR count). The number of hydrogen-bond donors (Lipinski definition) is 1. The van der Waals surface area contributed by atoms with Gasteiger partial charge in [0.25, 0.3) is 5.91 Å². The minimum Gasteiger partial charge on any atom is -0.484 e. The number of fused-ring (bicyclic) bond motifs is 1. The lowest BCUT2D eigenvalue weighted by Gasteiger charge is -2.18. The summed E-state index contributed by atoms with van der Waals surface area (Å²) >= 11 is 0. The third kappa shape index (κ3) is 4.06. The van der Waals surface area contributed by atoms with Crippen molar-refractivity contribution in [2.75, 3.05) is 6.61 Å². The zero-order valence-electron chi connectivity index (χ0n) is 12.9. The number of aryl methyl sites for hydroxylation is 1. The van der Waals surface area contributed by atoms with E-state index < -0.39 is 0 Å². The van der Waals surface area contributed by atoms with Crippen LogP contribution in [-0.4, -0.2) is 24.3 Å². The zero-order chi connectivity index (χ0) is 15.4. The monoisotopic (exact) mass is 289 g/mol. The van der Waals surface area contributed by atoms with Gasteiger partial charge in [-0.05, 0) is 49.4 Å². The van der Waals surface area contributed by atoms with Crippen molar-refractivity contribution in [1.82, 2.24) is 5.32 Å². The molecule has 0 heterocycles. The van der Waals surface area contributed by atoms with Crippen LogP contribution in [0, 0.1) is 5.92 Å². The molecule has 0 spiro atoms. The number of benzene rings is 1. The summed E-state index contributed by atoms with van der Waals surface area (Å²) in [7, 11) is 0. The van der Waals surface area contributed by atoms with Crippen LogP contribution in [0.2, 0.25) is 0 Å². The Bertz CT molecular complexity index is 537. The lowest BCUT2D eigenvalue weighted by atomic mass is 9.91. The van der Waals surface area contributed by atoms with Crippen molar-refractivity contribution in [1.29, 1.82) is 0 Å². The molecule has 0 saturated carbocycles. The van der Waals surface area contributed by atoms with Gasteiger partial charge in [0.2, 0.25) is 0 Å². The van der Waals surface area contributed by atoms with E-state index in [2.05, 4.69) is 19.2 Å². The van der Waals surface area contributed by atoms with Crippen LogP contribution in [0.15, 0.2) is 18.2 Å². The molecule has 21 heavy (non-hydrogen) atoms. The second-order valence-corrected chi connectivity index (χ2v) is 5.98. The molecule has 1 atom stereocenters. The standard InChI is InChI=1S/C17H23NO3/c1-11(2)12(3)18-17(20)10-21-14-7-8-15-13(9-14)5-4-6-16(15)19/h7-9,11-12H,4-6,10H2,1-3H3,(H,18,20). The summed E-state index contributed by atoms with van der Waals surface area (Å²) in [6.07, 6.45) is 2.42. The Morgan fingerprint density at radius 2 is 2.05 bits per heavy atom. The molecule has 0 aromatic heterocycles. The summed E-state index contributed by atoms with van der Waals surface area (Å²) in [6, 6.07) is 5.58. The summed E-state index contributed by atoms with van der Waals surface area (Å²) in [5.74, 6) is 1.12. The zero-order valence-corrected chi connectivity index (χ0v) is 12.9. The highest BCUT2D eigenvalue weighted by Gasteiger charge is 2.17. The van der Waals surface area contributed by atoms with Gasteiger partial charge in [0, 0.05) is 18.0 Å². The highest BCUT2D eigenvalue weighted by Crippen LogP contribution is 2.25. The first kappa shape index (κ1) is 15.5. The molecule has 1 amide bonds. The van der Waals surface area contributed by atoms with Gasteiger partial charge >= 0.3 is 0 Å². The number of Topliss-reactive ketones (excluding diaryl/α,β-unsaturated/α-hetero) is 1. The maximum absolute atomic E-state index is 11.8. The molecule has 1 aliphatic carbocycles. The van der Waals surface area contributed by atoms with E-state index in [1.807, 2.05) is 13.0 Å². The number of hydrogen-bond acceptors (Lipinski definition) is 3. The van der Waals surface area contributed by atoms with Gasteiger partial charge in [-0.15, -0.1) is 0 Å². The molecule has 0 fully saturated rings. The molecule has 4 heteroatoms. The lowest BCUT2D eigenvalue weighted by Crippen LogP contribution is -2.38. The second kappa shape index (κ2) is 6.74. The largest absolute Gasteiger partial charge is 0.484 e. The molecular weight excluding hydrogens is 266 g/mol. The number of nitrogens with one attached hydrogen (secondary N) is 1. The van der Waals surface area contributed by atoms with Gasteiger partial charge in [0.1, 0.15) is 5.75 Å². The summed E-state index contributed by atoms with van der Waals surface area (Å²) in [5, 5.41) is 2.90. The van der Waals surface area contributed by atoms with E-state index in [1.54, 1.807) is 12.1 Å². The Hall–Kier alpha value is -1.84. The third-order valence-electron chi connectivity index (χ3n) is 3.99. The molecule has 0 saturated heterocycles. The summed E-state index contributed by atoms with van der Waals surface area (Å²) < 4.78 is 5.53. The van der Waals surface area contributed by atoms with E-state index in [-0.39, 0.29) is 24.3 Å². The van der Waals surface area contributed by atoms with E-state index in [4.69, 9.17) is 4.74 Å². The van der Waals surface area contributed by atoms with Gasteiger partial charge in [-0.3, -0.25) is 9.59 Å². The molecular formula is C17H23NO3. The molecule has 1 unspecified atom stereocenters. The second-order valence-electron chi connectivity index (χ2n) is 5.98. The van der Waals surface area contributed by atoms with Crippen LogP contribution >= 0.6 is 0 Å². The van der Waals surface area contributed by atoms with Crippen LogP contribution in [0.4, 0.5) is 0 Å². The Kier molecular flexibility index (Phi) is 4.99. The van der Waals surface area contributed by atoms with E-state index >= 15 is 0 Å². The summed E-state index contributed by atoms with van der Waals surface area (Å²) in [5.41, 5.74) is 1.83. The Balaban J connectivity index is 1.92. The summed E-state index contributed by atoms with van der Waals surface area (Å²) in [6.45, 7) is 6.11. The fourth-order valence-corrected chi connectivity index (χ4v) is 2.32. The SMILES string of the molecule is CC(C)C(C)NC(=O)COc1ccc2c(c1)CCCC2=O. The van der Waals surface area contributed by atoms with Gasteiger partial charge < -0.3 is 10.1 Å². The molecule has 1 aliphatic rings. The maximum atomic E-state index is 11.8. The molecule has 1 aromatic rings. The van der Waals surface area contributed by atoms with Crippen molar-refractivity contribution in [3.63, 3.8) is 0 Å². The van der Waals surface area contributed by atoms with Crippen molar-refractivity contribution in [3.05, 3.63) is 29.3 Å². The van der Waals surface area contributed by atoms with Crippen molar-refractivity contribution >= 4 is 11.7 Å². The normalized spacial score (nSPS) is 15.5. The van der Waals surface area contributed by atoms with Crippen molar-refractivity contribution < 1.29 is 14.3 Å². The predicted molar refractivity (Wildman–Crippen MR) is 81.6 cm³/mol. The Labute approximate surface area is 125 Å². The van der Waals surface area contributed by atoms with Crippen LogP contribution in [-0.2, 0) is 11.2 Å². The van der Waals surface area contributed by atoms with Gasteiger partial charge in [0.05, 0.1) is 0 Å². The molecule has 1 aromatic carbocycles. The van der Waals surface area contributed by atoms with E-state index in [0.29, 0.717) is 18.1 Å². The number of ketones is 1. The van der Waals surface area contributed by atoms with E-state index in [1.165, 1.54) is 0 Å². The smallest absolute Gasteiger partial charge is 0.258 e. The maximum Gasteiger partial charge on any atom is 0.258 e. The predicted octanol–water partition coefficient (Wildman–Crippen LogP) is 2.75. The van der Waals surface area contributed by atoms with E-state index in [9.17, 15) is 9.59 Å². The number of carbonyl (C=O) groups excluding carboxylic acids is 2. The number of amides is 1. The lowest BCUT2D eigenvalue weighted by molar-refractivity contribution is -0.124. The molecule has 0 radical (unpaired) electrons. The Morgan fingerprint density at radius 1 is 1.29 bits per heavy atom. The number of ether oxygens (including phenoxy) is 1. The van der Waals surface area contributed by atoms with Crippen LogP contribution in [0.3, 0.4) is 0 Å². The number of carbonyl (C=O) groups is 2. The summed E-state index contributed by atoms with van der Waals surface area (Å²) in [4.78, 5) is 23.5. The average Bonchev–Trinajstić information content (AvgIpc) is 2.45. The molecule has 114 valence electrons. The van der Waals surface area contributed by atoms with Gasteiger partial charge in [0.15, 0.2) is 12.4 Å². The highest BCUT2D eigenvalue weighted by atomic mass is 16.5. The van der Waals surface area contributed by atoms with Gasteiger partial charge in [-0.25, -0.2) is 0 Å². The molecule has 1 N–H and O–H groups in total. The van der Waals surface area contributed by atoms with Crippen LogP contribution in [0.1, 0.15) is 49.5 Å². The topological polar surface area (TPSA) is 55.4 Å². The molecule has 4 nitrogen and oxygen atoms in total. The van der Waals surface area contributed by atoms with Crippen LogP contribution < -0.4 is 10.1 Å². The minimum atomic E-state index is -0.120. The average molecular weight is 289 g/mol. The van der Waals surface area contributed by atoms with Crippen molar-refractivity contribution in [2.24, 2.45) is 5.92 Å². The van der Waals surface area contributed by atoms with Gasteiger partial charge in [-0.2, -0.15) is 0 Å². The minimum absolute atomic E-state index is 0.00376. The van der Waals surface area contributed by atoms with Gasteiger partial charge in [-0.1, -0.05) is 13.8 Å². The first-order valence-corrected chi connectivity index (χ1v) is 7.55. The fraction of sp³-hybridized carbons (Fsp3) is 0.529. The van der Waals surface area contributed by atoms with Crippen molar-refractivity contribution in [2.45, 2.75) is 46.1 Å². The molecule has 0 aliphatic heterocycles. The third-order valence-corrected chi connectivity index (χ3v) is 3.99.